The summed E-state index contributed by atoms with van der Waals surface area (Å²) in [6, 6.07) is 5.43. The Balaban J connectivity index is 2.36. The largest absolute Gasteiger partial charge is 0.459 e. The first-order valence-corrected chi connectivity index (χ1v) is 7.78. The van der Waals surface area contributed by atoms with Crippen LogP contribution in [0.25, 0.3) is 0 Å². The zero-order valence-electron chi connectivity index (χ0n) is 12.9. The van der Waals surface area contributed by atoms with Crippen LogP contribution in [-0.2, 0) is 14.3 Å². The molecule has 0 heterocycles. The highest BCUT2D eigenvalue weighted by molar-refractivity contribution is 8.00. The first-order chi connectivity index (χ1) is 9.67. The molecule has 3 N–H and O–H groups in total. The third-order valence-corrected chi connectivity index (χ3v) is 3.26. The second kappa shape index (κ2) is 7.36. The molecule has 1 aromatic rings. The molecule has 0 spiro atoms. The number of benzene rings is 1. The molecule has 1 aromatic carbocycles. The molecule has 116 valence electrons. The summed E-state index contributed by atoms with van der Waals surface area (Å²) in [4.78, 5) is 23.3. The number of rotatable bonds is 5. The highest BCUT2D eigenvalue weighted by Crippen LogP contribution is 2.19. The first kappa shape index (κ1) is 17.4. The summed E-state index contributed by atoms with van der Waals surface area (Å²) in [7, 11) is 0. The maximum absolute atomic E-state index is 11.8. The van der Waals surface area contributed by atoms with Crippen molar-refractivity contribution in [3.05, 3.63) is 23.8 Å². The summed E-state index contributed by atoms with van der Waals surface area (Å²) in [6.45, 7) is 7.35. The maximum Gasteiger partial charge on any atom is 0.316 e. The van der Waals surface area contributed by atoms with Crippen molar-refractivity contribution in [1.29, 1.82) is 0 Å². The molecule has 6 heteroatoms. The topological polar surface area (TPSA) is 81.4 Å². The maximum atomic E-state index is 11.8. The normalized spacial score (nSPS) is 11.0. The number of thioether (sulfide) groups is 1. The third-order valence-electron chi connectivity index (χ3n) is 2.35. The molecule has 1 rings (SSSR count). The summed E-state index contributed by atoms with van der Waals surface area (Å²) < 4.78 is 5.16. The van der Waals surface area contributed by atoms with Crippen LogP contribution < -0.4 is 11.1 Å². The van der Waals surface area contributed by atoms with Gasteiger partial charge in [0.25, 0.3) is 0 Å². The van der Waals surface area contributed by atoms with E-state index in [1.165, 1.54) is 11.8 Å². The molecule has 0 atom stereocenters. The number of anilines is 2. The molecule has 5 nitrogen and oxygen atoms in total. The standard InChI is InChI=1S/C15H22N2O3S/c1-10-5-6-12(11(16)7-10)17-13(18)8-21-9-14(19)20-15(2,3)4/h5-7H,8-9,16H2,1-4H3,(H,17,18). The Kier molecular flexibility index (Phi) is 6.08. The van der Waals surface area contributed by atoms with Crippen LogP contribution in [0.1, 0.15) is 26.3 Å². The fourth-order valence-electron chi connectivity index (χ4n) is 1.58. The Bertz CT molecular complexity index is 524. The van der Waals surface area contributed by atoms with Gasteiger partial charge in [0.15, 0.2) is 0 Å². The van der Waals surface area contributed by atoms with Crippen LogP contribution in [0.3, 0.4) is 0 Å². The highest BCUT2D eigenvalue weighted by Gasteiger charge is 2.16. The molecule has 0 aliphatic heterocycles. The minimum Gasteiger partial charge on any atom is -0.459 e. The van der Waals surface area contributed by atoms with Crippen LogP contribution in [0.2, 0.25) is 0 Å². The molecule has 0 unspecified atom stereocenters. The minimum atomic E-state index is -0.504. The van der Waals surface area contributed by atoms with Gasteiger partial charge in [-0.25, -0.2) is 0 Å². The number of hydrogen-bond donors (Lipinski definition) is 2. The third kappa shape index (κ3) is 7.04. The fraction of sp³-hybridized carbons (Fsp3) is 0.467. The van der Waals surface area contributed by atoms with E-state index >= 15 is 0 Å². The Hall–Kier alpha value is -1.69. The molecule has 0 aromatic heterocycles. The number of carbonyl (C=O) groups is 2. The Morgan fingerprint density at radius 1 is 1.29 bits per heavy atom. The molecule has 0 fully saturated rings. The lowest BCUT2D eigenvalue weighted by atomic mass is 10.2. The van der Waals surface area contributed by atoms with Crippen molar-refractivity contribution < 1.29 is 14.3 Å². The summed E-state index contributed by atoms with van der Waals surface area (Å²) >= 11 is 1.21. The van der Waals surface area contributed by atoms with E-state index in [1.807, 2.05) is 33.8 Å². The second-order valence-electron chi connectivity index (χ2n) is 5.72. The number of amides is 1. The van der Waals surface area contributed by atoms with Crippen molar-refractivity contribution in [2.45, 2.75) is 33.3 Å². The number of esters is 1. The summed E-state index contributed by atoms with van der Waals surface area (Å²) in [6.07, 6.45) is 0. The van der Waals surface area contributed by atoms with Crippen LogP contribution in [0.4, 0.5) is 11.4 Å². The zero-order valence-corrected chi connectivity index (χ0v) is 13.7. The van der Waals surface area contributed by atoms with Crippen molar-refractivity contribution in [2.24, 2.45) is 0 Å². The number of nitrogen functional groups attached to an aromatic ring is 1. The van der Waals surface area contributed by atoms with E-state index in [9.17, 15) is 9.59 Å². The molecule has 21 heavy (non-hydrogen) atoms. The Morgan fingerprint density at radius 3 is 2.52 bits per heavy atom. The van der Waals surface area contributed by atoms with Gasteiger partial charge in [0.05, 0.1) is 22.9 Å². The Labute approximate surface area is 129 Å². The molecule has 0 saturated heterocycles. The predicted molar refractivity (Wildman–Crippen MR) is 87.4 cm³/mol. The lowest BCUT2D eigenvalue weighted by molar-refractivity contribution is -0.151. The van der Waals surface area contributed by atoms with Crippen molar-refractivity contribution >= 4 is 35.0 Å². The number of ether oxygens (including phenoxy) is 1. The number of carbonyl (C=O) groups excluding carboxylic acids is 2. The van der Waals surface area contributed by atoms with Crippen LogP contribution in [-0.4, -0.2) is 29.0 Å². The quantitative estimate of drug-likeness (QED) is 0.645. The van der Waals surface area contributed by atoms with Gasteiger partial charge in [0.2, 0.25) is 5.91 Å². The Morgan fingerprint density at radius 2 is 1.95 bits per heavy atom. The van der Waals surface area contributed by atoms with Crippen LogP contribution in [0.5, 0.6) is 0 Å². The lowest BCUT2D eigenvalue weighted by Gasteiger charge is -2.19. The van der Waals surface area contributed by atoms with Gasteiger partial charge in [-0.15, -0.1) is 11.8 Å². The monoisotopic (exact) mass is 310 g/mol. The van der Waals surface area contributed by atoms with Crippen molar-refractivity contribution in [1.82, 2.24) is 0 Å². The predicted octanol–water partition coefficient (Wildman–Crippen LogP) is 2.59. The molecule has 0 radical (unpaired) electrons. The lowest BCUT2D eigenvalue weighted by Crippen LogP contribution is -2.25. The summed E-state index contributed by atoms with van der Waals surface area (Å²) in [5.74, 6) is -0.199. The minimum absolute atomic E-state index is 0.147. The van der Waals surface area contributed by atoms with E-state index in [4.69, 9.17) is 10.5 Å². The van der Waals surface area contributed by atoms with Gasteiger partial charge in [-0.2, -0.15) is 0 Å². The van der Waals surface area contributed by atoms with Gasteiger partial charge in [0, 0.05) is 0 Å². The zero-order chi connectivity index (χ0) is 16.0. The number of aryl methyl sites for hydroxylation is 1. The molecular weight excluding hydrogens is 288 g/mol. The molecule has 0 aliphatic carbocycles. The van der Waals surface area contributed by atoms with Gasteiger partial charge in [0.1, 0.15) is 5.60 Å². The molecule has 0 saturated carbocycles. The first-order valence-electron chi connectivity index (χ1n) is 6.63. The van der Waals surface area contributed by atoms with Gasteiger partial charge < -0.3 is 15.8 Å². The van der Waals surface area contributed by atoms with E-state index in [2.05, 4.69) is 5.32 Å². The van der Waals surface area contributed by atoms with Gasteiger partial charge in [-0.3, -0.25) is 9.59 Å². The molecular formula is C15H22N2O3S. The van der Waals surface area contributed by atoms with Gasteiger partial charge in [-0.1, -0.05) is 6.07 Å². The second-order valence-corrected chi connectivity index (χ2v) is 6.70. The average molecular weight is 310 g/mol. The number of hydrogen-bond acceptors (Lipinski definition) is 5. The van der Waals surface area contributed by atoms with Crippen LogP contribution in [0.15, 0.2) is 18.2 Å². The molecule has 1 amide bonds. The van der Waals surface area contributed by atoms with E-state index in [0.717, 1.165) is 5.56 Å². The van der Waals surface area contributed by atoms with Gasteiger partial charge >= 0.3 is 5.97 Å². The SMILES string of the molecule is Cc1ccc(NC(=O)CSCC(=O)OC(C)(C)C)c(N)c1. The van der Waals surface area contributed by atoms with E-state index in [1.54, 1.807) is 12.1 Å². The van der Waals surface area contributed by atoms with Gasteiger partial charge in [-0.05, 0) is 45.4 Å². The van der Waals surface area contributed by atoms with Crippen molar-refractivity contribution in [3.8, 4) is 0 Å². The highest BCUT2D eigenvalue weighted by atomic mass is 32.2. The fourth-order valence-corrected chi connectivity index (χ4v) is 2.17. The van der Waals surface area contributed by atoms with Crippen LogP contribution in [0, 0.1) is 6.92 Å². The van der Waals surface area contributed by atoms with E-state index in [0.29, 0.717) is 11.4 Å². The van der Waals surface area contributed by atoms with Crippen LogP contribution >= 0.6 is 11.8 Å². The number of nitrogens with one attached hydrogen (secondary N) is 1. The van der Waals surface area contributed by atoms with Crippen molar-refractivity contribution in [3.63, 3.8) is 0 Å². The molecule has 0 bridgehead atoms. The smallest absolute Gasteiger partial charge is 0.316 e. The summed E-state index contributed by atoms with van der Waals surface area (Å²) in [5, 5.41) is 2.72. The van der Waals surface area contributed by atoms with Crippen molar-refractivity contribution in [2.75, 3.05) is 22.6 Å². The average Bonchev–Trinajstić information content (AvgIpc) is 2.30. The van der Waals surface area contributed by atoms with E-state index in [-0.39, 0.29) is 23.4 Å². The molecule has 0 aliphatic rings. The van der Waals surface area contributed by atoms with E-state index < -0.39 is 5.60 Å². The summed E-state index contributed by atoms with van der Waals surface area (Å²) in [5.41, 5.74) is 7.46. The number of nitrogens with two attached hydrogens (primary N) is 1.